The van der Waals surface area contributed by atoms with Crippen LogP contribution in [0.4, 0.5) is 5.69 Å². The molecule has 2 aromatic rings. The maximum atomic E-state index is 11.9. The second-order valence-corrected chi connectivity index (χ2v) is 3.63. The van der Waals surface area contributed by atoms with Crippen molar-refractivity contribution in [1.82, 2.24) is 9.97 Å². The topological polar surface area (TPSA) is 83.8 Å². The Morgan fingerprint density at radius 1 is 1.47 bits per heavy atom. The van der Waals surface area contributed by atoms with Gasteiger partial charge < -0.3 is 16.0 Å². The molecule has 2 aromatic heterocycles. The molecular formula is C12H14N4O. The number of amides is 1. The van der Waals surface area contributed by atoms with Crippen LogP contribution in [0.5, 0.6) is 0 Å². The van der Waals surface area contributed by atoms with Crippen molar-refractivity contribution in [3.8, 4) is 0 Å². The minimum atomic E-state index is -0.148. The number of nitrogens with one attached hydrogen (secondary N) is 2. The third kappa shape index (κ3) is 2.92. The SMILES string of the molecule is NCCc1cc(C(=O)Nc2cc[nH]c2)ccn1. The molecule has 0 spiro atoms. The van der Waals surface area contributed by atoms with Gasteiger partial charge in [0.15, 0.2) is 0 Å². The average Bonchev–Trinajstić information content (AvgIpc) is 2.83. The summed E-state index contributed by atoms with van der Waals surface area (Å²) in [5, 5.41) is 2.78. The van der Waals surface area contributed by atoms with Crippen molar-refractivity contribution in [2.75, 3.05) is 11.9 Å². The van der Waals surface area contributed by atoms with Gasteiger partial charge in [0, 0.05) is 36.3 Å². The molecule has 0 fully saturated rings. The highest BCUT2D eigenvalue weighted by molar-refractivity contribution is 6.04. The molecule has 5 heteroatoms. The lowest BCUT2D eigenvalue weighted by molar-refractivity contribution is 0.102. The van der Waals surface area contributed by atoms with E-state index in [-0.39, 0.29) is 5.91 Å². The summed E-state index contributed by atoms with van der Waals surface area (Å²) in [4.78, 5) is 18.9. The number of pyridine rings is 1. The minimum absolute atomic E-state index is 0.148. The van der Waals surface area contributed by atoms with Crippen molar-refractivity contribution in [3.05, 3.63) is 48.0 Å². The lowest BCUT2D eigenvalue weighted by Gasteiger charge is -2.04. The van der Waals surface area contributed by atoms with Crippen molar-refractivity contribution in [2.45, 2.75) is 6.42 Å². The first-order valence-corrected chi connectivity index (χ1v) is 5.39. The monoisotopic (exact) mass is 230 g/mol. The second kappa shape index (κ2) is 5.27. The summed E-state index contributed by atoms with van der Waals surface area (Å²) < 4.78 is 0. The lowest BCUT2D eigenvalue weighted by Crippen LogP contribution is -2.13. The normalized spacial score (nSPS) is 10.2. The maximum Gasteiger partial charge on any atom is 0.255 e. The van der Waals surface area contributed by atoms with Crippen LogP contribution >= 0.6 is 0 Å². The van der Waals surface area contributed by atoms with Gasteiger partial charge in [0.05, 0.1) is 5.69 Å². The molecule has 17 heavy (non-hydrogen) atoms. The van der Waals surface area contributed by atoms with Crippen molar-refractivity contribution < 1.29 is 4.79 Å². The van der Waals surface area contributed by atoms with Gasteiger partial charge in [-0.1, -0.05) is 0 Å². The molecule has 0 bridgehead atoms. The third-order valence-corrected chi connectivity index (χ3v) is 2.34. The van der Waals surface area contributed by atoms with E-state index in [0.717, 1.165) is 11.4 Å². The molecule has 0 aromatic carbocycles. The molecule has 0 radical (unpaired) electrons. The molecule has 88 valence electrons. The van der Waals surface area contributed by atoms with Crippen LogP contribution in [0.1, 0.15) is 16.1 Å². The van der Waals surface area contributed by atoms with Crippen LogP contribution in [0.25, 0.3) is 0 Å². The highest BCUT2D eigenvalue weighted by atomic mass is 16.1. The predicted octanol–water partition coefficient (Wildman–Crippen LogP) is 1.16. The quantitative estimate of drug-likeness (QED) is 0.737. The smallest absolute Gasteiger partial charge is 0.255 e. The zero-order valence-corrected chi connectivity index (χ0v) is 9.31. The van der Waals surface area contributed by atoms with Gasteiger partial charge in [-0.05, 0) is 24.7 Å². The standard InChI is InChI=1S/C12H14N4O/c13-4-1-10-7-9(2-6-15-10)12(17)16-11-3-5-14-8-11/h2-3,5-8,14H,1,4,13H2,(H,16,17). The molecular weight excluding hydrogens is 216 g/mol. The fraction of sp³-hybridized carbons (Fsp3) is 0.167. The first-order chi connectivity index (χ1) is 8.29. The molecule has 1 amide bonds. The number of hydrogen-bond donors (Lipinski definition) is 3. The Hall–Kier alpha value is -2.14. The van der Waals surface area contributed by atoms with Gasteiger partial charge in [-0.2, -0.15) is 0 Å². The Labute approximate surface area is 99.1 Å². The number of carbonyl (C=O) groups is 1. The van der Waals surface area contributed by atoms with Gasteiger partial charge in [0.1, 0.15) is 0 Å². The number of nitrogens with zero attached hydrogens (tertiary/aromatic N) is 1. The fourth-order valence-electron chi connectivity index (χ4n) is 1.51. The van der Waals surface area contributed by atoms with Gasteiger partial charge in [-0.25, -0.2) is 0 Å². The van der Waals surface area contributed by atoms with Crippen LogP contribution < -0.4 is 11.1 Å². The van der Waals surface area contributed by atoms with E-state index in [1.54, 1.807) is 36.8 Å². The summed E-state index contributed by atoms with van der Waals surface area (Å²) in [5.41, 5.74) is 7.61. The molecule has 0 saturated heterocycles. The van der Waals surface area contributed by atoms with E-state index >= 15 is 0 Å². The molecule has 5 nitrogen and oxygen atoms in total. The van der Waals surface area contributed by atoms with Crippen molar-refractivity contribution in [2.24, 2.45) is 5.73 Å². The molecule has 0 aliphatic heterocycles. The number of aromatic nitrogens is 2. The summed E-state index contributed by atoms with van der Waals surface area (Å²) in [7, 11) is 0. The van der Waals surface area contributed by atoms with Crippen molar-refractivity contribution >= 4 is 11.6 Å². The molecule has 2 rings (SSSR count). The number of carbonyl (C=O) groups excluding carboxylic acids is 1. The van der Waals surface area contributed by atoms with E-state index in [1.165, 1.54) is 0 Å². The Kier molecular flexibility index (Phi) is 3.52. The van der Waals surface area contributed by atoms with E-state index in [2.05, 4.69) is 15.3 Å². The number of hydrogen-bond acceptors (Lipinski definition) is 3. The number of H-pyrrole nitrogens is 1. The van der Waals surface area contributed by atoms with Crippen LogP contribution in [-0.2, 0) is 6.42 Å². The van der Waals surface area contributed by atoms with Gasteiger partial charge in [-0.15, -0.1) is 0 Å². The highest BCUT2D eigenvalue weighted by Crippen LogP contribution is 2.08. The van der Waals surface area contributed by atoms with Gasteiger partial charge >= 0.3 is 0 Å². The Morgan fingerprint density at radius 2 is 2.35 bits per heavy atom. The zero-order valence-electron chi connectivity index (χ0n) is 9.31. The van der Waals surface area contributed by atoms with Crippen LogP contribution in [-0.4, -0.2) is 22.4 Å². The summed E-state index contributed by atoms with van der Waals surface area (Å²) in [6.45, 7) is 0.524. The van der Waals surface area contributed by atoms with Gasteiger partial charge in [0.2, 0.25) is 0 Å². The molecule has 0 atom stereocenters. The highest BCUT2D eigenvalue weighted by Gasteiger charge is 2.07. The number of nitrogens with two attached hydrogens (primary N) is 1. The van der Waals surface area contributed by atoms with Crippen LogP contribution in [0, 0.1) is 0 Å². The first kappa shape index (κ1) is 11.3. The summed E-state index contributed by atoms with van der Waals surface area (Å²) in [5.74, 6) is -0.148. The minimum Gasteiger partial charge on any atom is -0.366 e. The molecule has 0 saturated carbocycles. The fourth-order valence-corrected chi connectivity index (χ4v) is 1.51. The molecule has 2 heterocycles. The molecule has 4 N–H and O–H groups in total. The number of aromatic amines is 1. The number of anilines is 1. The number of rotatable bonds is 4. The van der Waals surface area contributed by atoms with E-state index in [0.29, 0.717) is 18.5 Å². The van der Waals surface area contributed by atoms with Gasteiger partial charge in [0.25, 0.3) is 5.91 Å². The van der Waals surface area contributed by atoms with E-state index in [4.69, 9.17) is 5.73 Å². The summed E-state index contributed by atoms with van der Waals surface area (Å²) >= 11 is 0. The van der Waals surface area contributed by atoms with Crippen LogP contribution in [0.2, 0.25) is 0 Å². The van der Waals surface area contributed by atoms with Crippen molar-refractivity contribution in [1.29, 1.82) is 0 Å². The largest absolute Gasteiger partial charge is 0.366 e. The van der Waals surface area contributed by atoms with Gasteiger partial charge in [-0.3, -0.25) is 9.78 Å². The Morgan fingerprint density at radius 3 is 3.06 bits per heavy atom. The predicted molar refractivity (Wildman–Crippen MR) is 65.7 cm³/mol. The molecule has 0 aliphatic carbocycles. The van der Waals surface area contributed by atoms with E-state index in [1.807, 2.05) is 0 Å². The van der Waals surface area contributed by atoms with E-state index < -0.39 is 0 Å². The van der Waals surface area contributed by atoms with E-state index in [9.17, 15) is 4.79 Å². The third-order valence-electron chi connectivity index (χ3n) is 2.34. The Bertz CT molecular complexity index is 493. The maximum absolute atomic E-state index is 11.9. The zero-order chi connectivity index (χ0) is 12.1. The summed E-state index contributed by atoms with van der Waals surface area (Å²) in [6, 6.07) is 5.23. The average molecular weight is 230 g/mol. The molecule has 0 aliphatic rings. The van der Waals surface area contributed by atoms with Crippen molar-refractivity contribution in [3.63, 3.8) is 0 Å². The summed E-state index contributed by atoms with van der Waals surface area (Å²) in [6.07, 6.45) is 5.77. The van der Waals surface area contributed by atoms with Crippen LogP contribution in [0.3, 0.4) is 0 Å². The first-order valence-electron chi connectivity index (χ1n) is 5.39. The second-order valence-electron chi connectivity index (χ2n) is 3.63. The Balaban J connectivity index is 2.11. The van der Waals surface area contributed by atoms with Crippen LogP contribution in [0.15, 0.2) is 36.8 Å². The molecule has 0 unspecified atom stereocenters. The lowest BCUT2D eigenvalue weighted by atomic mass is 10.2.